The second kappa shape index (κ2) is 10.2. The lowest BCUT2D eigenvalue weighted by atomic mass is 9.94. The highest BCUT2D eigenvalue weighted by molar-refractivity contribution is 7.23. The Hall–Kier alpha value is -3.56. The molecule has 4 fully saturated rings. The van der Waals surface area contributed by atoms with Gasteiger partial charge >= 0.3 is 6.01 Å². The molecule has 4 saturated heterocycles. The Balaban J connectivity index is 1.29. The molecule has 226 valence electrons. The van der Waals surface area contributed by atoms with E-state index in [-0.39, 0.29) is 53.9 Å². The van der Waals surface area contributed by atoms with Crippen LogP contribution in [0, 0.1) is 23.0 Å². The molecular formula is C32H30ClF2N7OS. The van der Waals surface area contributed by atoms with Crippen molar-refractivity contribution in [3.05, 3.63) is 52.6 Å². The number of nitrogens with two attached hydrogens (primary N) is 1. The number of nitrogens with zero attached hydrogens (tertiary/aromatic N) is 5. The van der Waals surface area contributed by atoms with Gasteiger partial charge in [0.1, 0.15) is 34.8 Å². The van der Waals surface area contributed by atoms with Crippen LogP contribution < -0.4 is 20.7 Å². The molecule has 3 atom stereocenters. The number of ether oxygens (including phenoxy) is 1. The number of thiophene rings is 1. The third kappa shape index (κ3) is 4.26. The molecule has 0 aliphatic carbocycles. The standard InChI is InChI=1S/C32H30ClF2N7OS/c1-16-10-32(7-2-8-42(32)12-16)15-43-31-39-27-20(30(40-31)41-13-17-3-4-18(14-41)38-17)9-22(33)25(26(27)35)19-5-6-23(34)28-24(19)21(11-36)29(37)44-28/h5-6,9,17-18,38H,1-4,7-8,10,12-15,37H2. The summed E-state index contributed by atoms with van der Waals surface area (Å²) >= 11 is 7.81. The maximum atomic E-state index is 16.9. The van der Waals surface area contributed by atoms with E-state index < -0.39 is 11.6 Å². The number of aromatic nitrogens is 2. The molecular weight excluding hydrogens is 604 g/mol. The topological polar surface area (TPSA) is 103 Å². The number of rotatable bonds is 5. The summed E-state index contributed by atoms with van der Waals surface area (Å²) in [5.41, 5.74) is 7.57. The molecule has 6 heterocycles. The number of piperazine rings is 1. The molecule has 4 aromatic rings. The van der Waals surface area contributed by atoms with Gasteiger partial charge in [-0.1, -0.05) is 29.8 Å². The largest absolute Gasteiger partial charge is 0.461 e. The average Bonchev–Trinajstić information content (AvgIpc) is 3.73. The van der Waals surface area contributed by atoms with Crippen LogP contribution in [0.1, 0.15) is 37.7 Å². The lowest BCUT2D eigenvalue weighted by Crippen LogP contribution is -2.51. The van der Waals surface area contributed by atoms with E-state index in [0.29, 0.717) is 29.9 Å². The smallest absolute Gasteiger partial charge is 0.319 e. The minimum Gasteiger partial charge on any atom is -0.461 e. The first-order valence-electron chi connectivity index (χ1n) is 14.9. The predicted molar refractivity (Wildman–Crippen MR) is 169 cm³/mol. The molecule has 0 saturated carbocycles. The molecule has 12 heteroatoms. The number of nitrogen functional groups attached to an aromatic ring is 1. The van der Waals surface area contributed by atoms with Gasteiger partial charge in [-0.05, 0) is 56.3 Å². The summed E-state index contributed by atoms with van der Waals surface area (Å²) in [6, 6.07) is 7.15. The normalized spacial score (nSPS) is 24.9. The third-order valence-electron chi connectivity index (χ3n) is 9.76. The molecule has 3 unspecified atom stereocenters. The van der Waals surface area contributed by atoms with Crippen LogP contribution in [0.4, 0.5) is 19.6 Å². The number of anilines is 2. The molecule has 0 radical (unpaired) electrons. The fourth-order valence-corrected chi connectivity index (χ4v) is 9.08. The van der Waals surface area contributed by atoms with E-state index in [0.717, 1.165) is 69.6 Å². The SMILES string of the molecule is C=C1CN2CCCC2(COc2nc(N3CC4CCC(C3)N4)c3cc(Cl)c(-c4ccc(F)c5sc(N)c(C#N)c45)c(F)c3n2)C1. The number of hydrogen-bond donors (Lipinski definition) is 2. The maximum absolute atomic E-state index is 16.9. The van der Waals surface area contributed by atoms with E-state index in [9.17, 15) is 9.65 Å². The van der Waals surface area contributed by atoms with E-state index in [2.05, 4.69) is 32.7 Å². The Labute approximate surface area is 262 Å². The van der Waals surface area contributed by atoms with Crippen molar-refractivity contribution >= 4 is 54.7 Å². The number of nitriles is 1. The molecule has 0 spiro atoms. The second-order valence-corrected chi connectivity index (χ2v) is 14.0. The number of halogens is 3. The Morgan fingerprint density at radius 3 is 2.82 bits per heavy atom. The van der Waals surface area contributed by atoms with Crippen LogP contribution in [0.3, 0.4) is 0 Å². The summed E-state index contributed by atoms with van der Waals surface area (Å²) in [6.07, 6.45) is 5.08. The van der Waals surface area contributed by atoms with Crippen molar-refractivity contribution in [2.75, 3.05) is 43.4 Å². The van der Waals surface area contributed by atoms with E-state index in [1.165, 1.54) is 17.7 Å². The van der Waals surface area contributed by atoms with Gasteiger partial charge in [-0.25, -0.2) is 8.78 Å². The molecule has 44 heavy (non-hydrogen) atoms. The molecule has 2 aromatic carbocycles. The fourth-order valence-electron chi connectivity index (χ4n) is 7.84. The van der Waals surface area contributed by atoms with Gasteiger partial charge in [0.05, 0.1) is 20.8 Å². The van der Waals surface area contributed by atoms with Crippen LogP contribution in [0.5, 0.6) is 6.01 Å². The van der Waals surface area contributed by atoms with Gasteiger partial charge in [0, 0.05) is 48.1 Å². The quantitative estimate of drug-likeness (QED) is 0.258. The van der Waals surface area contributed by atoms with Crippen LogP contribution in [0.15, 0.2) is 30.4 Å². The Bertz CT molecular complexity index is 1910. The summed E-state index contributed by atoms with van der Waals surface area (Å²) in [7, 11) is 0. The molecule has 3 N–H and O–H groups in total. The molecule has 4 aliphatic rings. The van der Waals surface area contributed by atoms with Gasteiger partial charge < -0.3 is 20.7 Å². The van der Waals surface area contributed by atoms with Crippen LogP contribution in [0.2, 0.25) is 5.02 Å². The highest BCUT2D eigenvalue weighted by Gasteiger charge is 2.46. The van der Waals surface area contributed by atoms with Crippen molar-refractivity contribution < 1.29 is 13.5 Å². The lowest BCUT2D eigenvalue weighted by Gasteiger charge is -2.34. The first kappa shape index (κ1) is 28.0. The zero-order chi connectivity index (χ0) is 30.3. The number of benzene rings is 2. The summed E-state index contributed by atoms with van der Waals surface area (Å²) in [6.45, 7) is 7.89. The van der Waals surface area contributed by atoms with Crippen LogP contribution >= 0.6 is 22.9 Å². The molecule has 8 rings (SSSR count). The van der Waals surface area contributed by atoms with Gasteiger partial charge in [-0.2, -0.15) is 15.2 Å². The molecule has 2 aromatic heterocycles. The van der Waals surface area contributed by atoms with E-state index >= 15 is 4.39 Å². The summed E-state index contributed by atoms with van der Waals surface area (Å²) < 4.78 is 38.3. The Morgan fingerprint density at radius 1 is 1.25 bits per heavy atom. The maximum Gasteiger partial charge on any atom is 0.319 e. The third-order valence-corrected chi connectivity index (χ3v) is 11.1. The zero-order valence-electron chi connectivity index (χ0n) is 23.9. The fraction of sp³-hybridized carbons (Fsp3) is 0.406. The van der Waals surface area contributed by atoms with Crippen LogP contribution in [0.25, 0.3) is 32.1 Å². The monoisotopic (exact) mass is 633 g/mol. The van der Waals surface area contributed by atoms with Crippen molar-refractivity contribution in [2.24, 2.45) is 0 Å². The second-order valence-electron chi connectivity index (χ2n) is 12.5. The van der Waals surface area contributed by atoms with Crippen molar-refractivity contribution in [1.82, 2.24) is 20.2 Å². The first-order chi connectivity index (χ1) is 21.2. The van der Waals surface area contributed by atoms with E-state index in [1.807, 2.05) is 0 Å². The molecule has 4 aliphatic heterocycles. The van der Waals surface area contributed by atoms with Gasteiger partial charge in [-0.3, -0.25) is 4.90 Å². The number of hydrogen-bond acceptors (Lipinski definition) is 9. The summed E-state index contributed by atoms with van der Waals surface area (Å²) in [5.74, 6) is -0.646. The van der Waals surface area contributed by atoms with Gasteiger partial charge in [0.25, 0.3) is 0 Å². The average molecular weight is 634 g/mol. The number of fused-ring (bicyclic) bond motifs is 5. The molecule has 8 nitrogen and oxygen atoms in total. The van der Waals surface area contributed by atoms with Gasteiger partial charge in [-0.15, -0.1) is 11.3 Å². The predicted octanol–water partition coefficient (Wildman–Crippen LogP) is 6.01. The van der Waals surface area contributed by atoms with Crippen molar-refractivity contribution in [3.63, 3.8) is 0 Å². The Kier molecular flexibility index (Phi) is 6.50. The van der Waals surface area contributed by atoms with E-state index in [1.54, 1.807) is 6.07 Å². The van der Waals surface area contributed by atoms with Crippen molar-refractivity contribution in [2.45, 2.75) is 49.7 Å². The van der Waals surface area contributed by atoms with Crippen molar-refractivity contribution in [1.29, 1.82) is 5.26 Å². The lowest BCUT2D eigenvalue weighted by molar-refractivity contribution is 0.108. The van der Waals surface area contributed by atoms with E-state index in [4.69, 9.17) is 27.1 Å². The number of nitrogens with one attached hydrogen (secondary N) is 1. The first-order valence-corrected chi connectivity index (χ1v) is 16.1. The highest BCUT2D eigenvalue weighted by atomic mass is 35.5. The van der Waals surface area contributed by atoms with Crippen molar-refractivity contribution in [3.8, 4) is 23.2 Å². The van der Waals surface area contributed by atoms with Gasteiger partial charge in [0.15, 0.2) is 5.82 Å². The zero-order valence-corrected chi connectivity index (χ0v) is 25.5. The molecule has 0 amide bonds. The summed E-state index contributed by atoms with van der Waals surface area (Å²) in [5, 5.41) is 14.5. The van der Waals surface area contributed by atoms with Crippen LogP contribution in [-0.4, -0.2) is 65.3 Å². The van der Waals surface area contributed by atoms with Crippen LogP contribution in [-0.2, 0) is 0 Å². The van der Waals surface area contributed by atoms with Gasteiger partial charge in [0.2, 0.25) is 0 Å². The minimum absolute atomic E-state index is 0.0297. The Morgan fingerprint density at radius 2 is 2.05 bits per heavy atom. The molecule has 2 bridgehead atoms. The summed E-state index contributed by atoms with van der Waals surface area (Å²) in [4.78, 5) is 14.1. The highest BCUT2D eigenvalue weighted by Crippen LogP contribution is 2.46. The minimum atomic E-state index is -0.685.